The predicted molar refractivity (Wildman–Crippen MR) is 74.8 cm³/mol. The number of hydrogen-bond donors (Lipinski definition) is 1. The molecule has 0 unspecified atom stereocenters. The van der Waals surface area contributed by atoms with Crippen LogP contribution in [-0.4, -0.2) is 22.6 Å². The second-order valence-corrected chi connectivity index (χ2v) is 8.15. The monoisotopic (exact) mass is 268 g/mol. The van der Waals surface area contributed by atoms with Crippen LogP contribution in [0.25, 0.3) is 0 Å². The van der Waals surface area contributed by atoms with Crippen molar-refractivity contribution >= 4 is 17.7 Å². The molecular weight excluding hydrogens is 244 g/mol. The summed E-state index contributed by atoms with van der Waals surface area (Å²) in [5, 5.41) is 8.63. The van der Waals surface area contributed by atoms with Crippen molar-refractivity contribution in [1.82, 2.24) is 0 Å². The van der Waals surface area contributed by atoms with E-state index in [1.165, 1.54) is 50.7 Å². The molecule has 3 heteroatoms. The van der Waals surface area contributed by atoms with E-state index in [0.29, 0.717) is 11.8 Å². The van der Waals surface area contributed by atoms with Crippen LogP contribution >= 0.6 is 11.8 Å². The average Bonchev–Trinajstić information content (AvgIpc) is 2.25. The van der Waals surface area contributed by atoms with Crippen LogP contribution in [0.5, 0.6) is 0 Å². The van der Waals surface area contributed by atoms with Gasteiger partial charge in [-0.05, 0) is 73.9 Å². The summed E-state index contributed by atoms with van der Waals surface area (Å²) in [4.78, 5) is 10.5. The van der Waals surface area contributed by atoms with Crippen molar-refractivity contribution in [3.63, 3.8) is 0 Å². The second kappa shape index (κ2) is 5.07. The van der Waals surface area contributed by atoms with Gasteiger partial charge in [-0.3, -0.25) is 4.79 Å². The van der Waals surface area contributed by atoms with Crippen LogP contribution in [0.2, 0.25) is 0 Å². The van der Waals surface area contributed by atoms with Crippen LogP contribution in [-0.2, 0) is 4.79 Å². The summed E-state index contributed by atoms with van der Waals surface area (Å²) in [6.45, 7) is 0. The Bertz CT molecular complexity index is 291. The Morgan fingerprint density at radius 3 is 2.11 bits per heavy atom. The molecule has 0 atom stereocenters. The fraction of sp³-hybridized carbons (Fsp3) is 0.933. The van der Waals surface area contributed by atoms with Crippen molar-refractivity contribution in [2.45, 2.75) is 51.4 Å². The van der Waals surface area contributed by atoms with E-state index in [1.54, 1.807) is 0 Å². The molecule has 0 aliphatic heterocycles. The molecule has 4 fully saturated rings. The van der Waals surface area contributed by atoms with Gasteiger partial charge in [0.2, 0.25) is 0 Å². The lowest BCUT2D eigenvalue weighted by molar-refractivity contribution is -0.136. The standard InChI is InChI=1S/C15H24O2S/c16-14(17)1-3-18-4-2-15-8-11-5-12(9-15)7-13(6-11)10-15/h11-13H,1-10H2,(H,16,17). The van der Waals surface area contributed by atoms with Crippen molar-refractivity contribution in [2.75, 3.05) is 11.5 Å². The minimum Gasteiger partial charge on any atom is -0.481 e. The van der Waals surface area contributed by atoms with E-state index in [9.17, 15) is 4.79 Å². The van der Waals surface area contributed by atoms with Gasteiger partial charge in [-0.25, -0.2) is 0 Å². The Labute approximate surface area is 114 Å². The fourth-order valence-corrected chi connectivity index (χ4v) is 6.25. The van der Waals surface area contributed by atoms with Gasteiger partial charge in [0.1, 0.15) is 0 Å². The number of carboxylic acids is 1. The molecule has 4 aliphatic carbocycles. The van der Waals surface area contributed by atoms with Gasteiger partial charge in [-0.1, -0.05) is 0 Å². The molecule has 4 bridgehead atoms. The summed E-state index contributed by atoms with van der Waals surface area (Å²) in [6, 6.07) is 0. The summed E-state index contributed by atoms with van der Waals surface area (Å²) in [6.07, 6.45) is 10.7. The van der Waals surface area contributed by atoms with Gasteiger partial charge in [0, 0.05) is 5.75 Å². The Kier molecular flexibility index (Phi) is 3.61. The summed E-state index contributed by atoms with van der Waals surface area (Å²) < 4.78 is 0. The summed E-state index contributed by atoms with van der Waals surface area (Å²) in [5.41, 5.74) is 0.672. The molecule has 2 nitrogen and oxygen atoms in total. The molecular formula is C15H24O2S. The number of hydrogen-bond acceptors (Lipinski definition) is 2. The summed E-state index contributed by atoms with van der Waals surface area (Å²) in [7, 11) is 0. The maximum atomic E-state index is 10.5. The zero-order valence-corrected chi connectivity index (χ0v) is 11.9. The van der Waals surface area contributed by atoms with Crippen LogP contribution in [0.4, 0.5) is 0 Å². The third-order valence-electron chi connectivity index (χ3n) is 5.40. The van der Waals surface area contributed by atoms with Crippen LogP contribution in [0.3, 0.4) is 0 Å². The van der Waals surface area contributed by atoms with Gasteiger partial charge in [0.25, 0.3) is 0 Å². The topological polar surface area (TPSA) is 37.3 Å². The highest BCUT2D eigenvalue weighted by atomic mass is 32.2. The number of thioether (sulfide) groups is 1. The van der Waals surface area contributed by atoms with Crippen LogP contribution in [0, 0.1) is 23.2 Å². The Morgan fingerprint density at radius 2 is 1.61 bits per heavy atom. The molecule has 4 rings (SSSR count). The van der Waals surface area contributed by atoms with Crippen LogP contribution in [0.15, 0.2) is 0 Å². The van der Waals surface area contributed by atoms with Crippen LogP contribution < -0.4 is 0 Å². The molecule has 0 aromatic heterocycles. The highest BCUT2D eigenvalue weighted by Crippen LogP contribution is 2.61. The van der Waals surface area contributed by atoms with Crippen molar-refractivity contribution in [3.05, 3.63) is 0 Å². The van der Waals surface area contributed by atoms with Crippen molar-refractivity contribution in [3.8, 4) is 0 Å². The smallest absolute Gasteiger partial charge is 0.304 e. The van der Waals surface area contributed by atoms with Crippen molar-refractivity contribution < 1.29 is 9.90 Å². The first-order valence-electron chi connectivity index (χ1n) is 7.45. The quantitative estimate of drug-likeness (QED) is 0.744. The molecule has 1 N–H and O–H groups in total. The van der Waals surface area contributed by atoms with E-state index in [1.807, 2.05) is 11.8 Å². The van der Waals surface area contributed by atoms with Gasteiger partial charge in [0.15, 0.2) is 0 Å². The molecule has 0 heterocycles. The van der Waals surface area contributed by atoms with Gasteiger partial charge in [0.05, 0.1) is 6.42 Å². The maximum absolute atomic E-state index is 10.5. The minimum absolute atomic E-state index is 0.325. The first-order valence-corrected chi connectivity index (χ1v) is 8.60. The lowest BCUT2D eigenvalue weighted by Crippen LogP contribution is -2.46. The largest absolute Gasteiger partial charge is 0.481 e. The SMILES string of the molecule is O=C(O)CCSCCC12CC3CC(CC(C3)C1)C2. The van der Waals surface area contributed by atoms with Crippen molar-refractivity contribution in [2.24, 2.45) is 23.2 Å². The Hall–Kier alpha value is -0.180. The first kappa shape index (κ1) is 12.8. The highest BCUT2D eigenvalue weighted by molar-refractivity contribution is 7.99. The molecule has 0 saturated heterocycles. The number of carboxylic acid groups (broad SMARTS) is 1. The maximum Gasteiger partial charge on any atom is 0.304 e. The van der Waals surface area contributed by atoms with Crippen LogP contribution in [0.1, 0.15) is 51.4 Å². The molecule has 102 valence electrons. The van der Waals surface area contributed by atoms with E-state index in [4.69, 9.17) is 5.11 Å². The van der Waals surface area contributed by atoms with Crippen molar-refractivity contribution in [1.29, 1.82) is 0 Å². The number of rotatable bonds is 6. The second-order valence-electron chi connectivity index (χ2n) is 6.92. The van der Waals surface area contributed by atoms with E-state index < -0.39 is 5.97 Å². The first-order chi connectivity index (χ1) is 8.65. The molecule has 4 saturated carbocycles. The fourth-order valence-electron chi connectivity index (χ4n) is 5.15. The van der Waals surface area contributed by atoms with E-state index in [2.05, 4.69) is 0 Å². The molecule has 0 spiro atoms. The predicted octanol–water partition coefficient (Wildman–Crippen LogP) is 3.80. The molecule has 18 heavy (non-hydrogen) atoms. The van der Waals surface area contributed by atoms with Gasteiger partial charge < -0.3 is 5.11 Å². The third-order valence-corrected chi connectivity index (χ3v) is 6.39. The third kappa shape index (κ3) is 2.71. The highest BCUT2D eigenvalue weighted by Gasteiger charge is 2.50. The Morgan fingerprint density at radius 1 is 1.06 bits per heavy atom. The summed E-state index contributed by atoms with van der Waals surface area (Å²) >= 11 is 1.85. The molecule has 0 aromatic carbocycles. The minimum atomic E-state index is -0.655. The van der Waals surface area contributed by atoms with E-state index in [-0.39, 0.29) is 0 Å². The molecule has 0 aromatic rings. The number of carbonyl (C=O) groups is 1. The zero-order chi connectivity index (χ0) is 12.6. The molecule has 0 amide bonds. The number of aliphatic carboxylic acids is 1. The zero-order valence-electron chi connectivity index (χ0n) is 11.1. The lowest BCUT2D eigenvalue weighted by atomic mass is 9.49. The molecule has 4 aliphatic rings. The molecule has 0 radical (unpaired) electrons. The van der Waals surface area contributed by atoms with Gasteiger partial charge >= 0.3 is 5.97 Å². The van der Waals surface area contributed by atoms with E-state index >= 15 is 0 Å². The van der Waals surface area contributed by atoms with E-state index in [0.717, 1.165) is 23.5 Å². The Balaban J connectivity index is 1.46. The normalized spacial score (nSPS) is 41.2. The van der Waals surface area contributed by atoms with Gasteiger partial charge in [-0.15, -0.1) is 0 Å². The lowest BCUT2D eigenvalue weighted by Gasteiger charge is -2.57. The van der Waals surface area contributed by atoms with Gasteiger partial charge in [-0.2, -0.15) is 11.8 Å². The average molecular weight is 268 g/mol. The summed E-state index contributed by atoms with van der Waals surface area (Å²) in [5.74, 6) is 4.44.